The highest BCUT2D eigenvalue weighted by Crippen LogP contribution is 2.30. The number of fused-ring (bicyclic) bond motifs is 1. The highest BCUT2D eigenvalue weighted by atomic mass is 32.2. The normalized spacial score (nSPS) is 11.5. The molecule has 2 aromatic heterocycles. The van der Waals surface area contributed by atoms with E-state index in [-0.39, 0.29) is 11.5 Å². The lowest BCUT2D eigenvalue weighted by molar-refractivity contribution is 0.102. The summed E-state index contributed by atoms with van der Waals surface area (Å²) < 4.78 is 25.0. The van der Waals surface area contributed by atoms with E-state index in [0.717, 1.165) is 27.1 Å². The van der Waals surface area contributed by atoms with Gasteiger partial charge in [0.2, 0.25) is 10.0 Å². The number of hydrogen-bond donors (Lipinski definition) is 1. The lowest BCUT2D eigenvalue weighted by Gasteiger charge is -2.08. The van der Waals surface area contributed by atoms with Crippen molar-refractivity contribution in [1.82, 2.24) is 9.97 Å². The van der Waals surface area contributed by atoms with Gasteiger partial charge in [-0.25, -0.2) is 18.4 Å². The monoisotopic (exact) mass is 455 g/mol. The van der Waals surface area contributed by atoms with Crippen LogP contribution < -0.4 is 4.72 Å². The van der Waals surface area contributed by atoms with Crippen LogP contribution in [0.2, 0.25) is 0 Å². The largest absolute Gasteiger partial charge is 0.293 e. The summed E-state index contributed by atoms with van der Waals surface area (Å²) in [5.74, 6) is 0.796. The number of thiophene rings is 1. The molecule has 0 radical (unpaired) electrons. The maximum atomic E-state index is 12.7. The van der Waals surface area contributed by atoms with Gasteiger partial charge in [0.15, 0.2) is 11.6 Å². The minimum atomic E-state index is -3.35. The Balaban J connectivity index is 1.55. The summed E-state index contributed by atoms with van der Waals surface area (Å²) >= 11 is 2.94. The Bertz CT molecular complexity index is 1300. The van der Waals surface area contributed by atoms with E-state index < -0.39 is 10.0 Å². The van der Waals surface area contributed by atoms with Gasteiger partial charge in [0, 0.05) is 16.6 Å². The van der Waals surface area contributed by atoms with E-state index in [1.807, 2.05) is 41.8 Å². The molecule has 152 valence electrons. The number of nitrogens with one attached hydrogen (secondary N) is 1. The highest BCUT2D eigenvalue weighted by Gasteiger charge is 2.13. The van der Waals surface area contributed by atoms with E-state index in [1.165, 1.54) is 11.8 Å². The van der Waals surface area contributed by atoms with Gasteiger partial charge >= 0.3 is 0 Å². The third kappa shape index (κ3) is 4.86. The van der Waals surface area contributed by atoms with Crippen molar-refractivity contribution in [3.8, 4) is 10.7 Å². The van der Waals surface area contributed by atoms with E-state index in [0.29, 0.717) is 17.1 Å². The van der Waals surface area contributed by atoms with E-state index in [4.69, 9.17) is 4.98 Å². The fourth-order valence-electron chi connectivity index (χ4n) is 2.83. The Kier molecular flexibility index (Phi) is 5.85. The number of nitrogens with zero attached hydrogens (tertiary/aromatic N) is 2. The predicted octanol–water partition coefficient (Wildman–Crippen LogP) is 4.70. The number of thioether (sulfide) groups is 1. The zero-order chi connectivity index (χ0) is 21.1. The Hall–Kier alpha value is -2.75. The molecule has 0 spiro atoms. The quantitative estimate of drug-likeness (QED) is 0.247. The third-order valence-corrected chi connectivity index (χ3v) is 6.62. The maximum absolute atomic E-state index is 12.7. The van der Waals surface area contributed by atoms with Crippen LogP contribution in [-0.4, -0.2) is 36.2 Å². The van der Waals surface area contributed by atoms with Crippen LogP contribution in [0.25, 0.3) is 21.6 Å². The molecule has 0 fully saturated rings. The molecule has 0 aliphatic rings. The van der Waals surface area contributed by atoms with Crippen LogP contribution in [0.15, 0.2) is 71.1 Å². The number of anilines is 1. The molecule has 0 bridgehead atoms. The second-order valence-corrected chi connectivity index (χ2v) is 10.2. The average Bonchev–Trinajstić information content (AvgIpc) is 3.26. The number of aromatic nitrogens is 2. The number of carbonyl (C=O) groups is 1. The molecule has 0 amide bonds. The van der Waals surface area contributed by atoms with Gasteiger partial charge in [-0.05, 0) is 41.8 Å². The molecule has 0 saturated carbocycles. The van der Waals surface area contributed by atoms with E-state index in [1.54, 1.807) is 35.6 Å². The lowest BCUT2D eigenvalue weighted by Crippen LogP contribution is -2.10. The number of hydrogen-bond acceptors (Lipinski definition) is 7. The van der Waals surface area contributed by atoms with Crippen molar-refractivity contribution in [1.29, 1.82) is 0 Å². The molecule has 1 N–H and O–H groups in total. The summed E-state index contributed by atoms with van der Waals surface area (Å²) in [6.45, 7) is 0. The van der Waals surface area contributed by atoms with Gasteiger partial charge in [-0.1, -0.05) is 36.0 Å². The van der Waals surface area contributed by atoms with Crippen LogP contribution in [-0.2, 0) is 10.0 Å². The van der Waals surface area contributed by atoms with Crippen molar-refractivity contribution < 1.29 is 13.2 Å². The van der Waals surface area contributed by atoms with Crippen LogP contribution in [0.5, 0.6) is 0 Å². The van der Waals surface area contributed by atoms with Crippen LogP contribution in [0.4, 0.5) is 5.69 Å². The van der Waals surface area contributed by atoms with E-state index in [9.17, 15) is 13.2 Å². The third-order valence-electron chi connectivity index (χ3n) is 4.16. The minimum Gasteiger partial charge on any atom is -0.293 e. The van der Waals surface area contributed by atoms with Gasteiger partial charge in [-0.3, -0.25) is 9.52 Å². The number of sulfonamides is 1. The maximum Gasteiger partial charge on any atom is 0.229 e. The van der Waals surface area contributed by atoms with Crippen LogP contribution in [0.1, 0.15) is 10.4 Å². The summed E-state index contributed by atoms with van der Waals surface area (Å²) in [4.78, 5) is 23.0. The zero-order valence-corrected chi connectivity index (χ0v) is 18.4. The zero-order valence-electron chi connectivity index (χ0n) is 15.9. The standard InChI is InChI=1S/C21H17N3O3S3/c1-30(26,27)24-15-10-8-14(9-11-15)18(25)13-29-21-16-5-2-3-6-17(16)22-20(23-21)19-7-4-12-28-19/h2-12,24H,13H2,1H3. The first-order valence-electron chi connectivity index (χ1n) is 8.93. The van der Waals surface area contributed by atoms with Gasteiger partial charge < -0.3 is 0 Å². The number of para-hydroxylation sites is 1. The van der Waals surface area contributed by atoms with Gasteiger partial charge in [-0.2, -0.15) is 0 Å². The molecule has 4 rings (SSSR count). The van der Waals surface area contributed by atoms with E-state index >= 15 is 0 Å². The Morgan fingerprint density at radius 2 is 1.80 bits per heavy atom. The van der Waals surface area contributed by atoms with Crippen molar-refractivity contribution >= 4 is 55.5 Å². The molecule has 2 aromatic carbocycles. The molecule has 0 saturated heterocycles. The summed E-state index contributed by atoms with van der Waals surface area (Å²) in [6, 6.07) is 18.1. The summed E-state index contributed by atoms with van der Waals surface area (Å²) in [5.41, 5.74) is 1.77. The number of ketones is 1. The average molecular weight is 456 g/mol. The predicted molar refractivity (Wildman–Crippen MR) is 123 cm³/mol. The first-order chi connectivity index (χ1) is 14.4. The van der Waals surface area contributed by atoms with Gasteiger partial charge in [-0.15, -0.1) is 11.3 Å². The molecule has 0 aliphatic carbocycles. The van der Waals surface area contributed by atoms with Crippen LogP contribution >= 0.6 is 23.1 Å². The van der Waals surface area contributed by atoms with Crippen molar-refractivity contribution in [3.63, 3.8) is 0 Å². The van der Waals surface area contributed by atoms with Gasteiger partial charge in [0.25, 0.3) is 0 Å². The van der Waals surface area contributed by atoms with Crippen molar-refractivity contribution in [2.45, 2.75) is 5.03 Å². The summed E-state index contributed by atoms with van der Waals surface area (Å²) in [5, 5.41) is 3.64. The first-order valence-corrected chi connectivity index (χ1v) is 12.7. The van der Waals surface area contributed by atoms with Crippen molar-refractivity contribution in [2.75, 3.05) is 16.7 Å². The molecular weight excluding hydrogens is 438 g/mol. The molecular formula is C21H17N3O3S3. The summed E-state index contributed by atoms with van der Waals surface area (Å²) in [7, 11) is -3.35. The second kappa shape index (κ2) is 8.55. The topological polar surface area (TPSA) is 89.0 Å². The van der Waals surface area contributed by atoms with Crippen LogP contribution in [0, 0.1) is 0 Å². The van der Waals surface area contributed by atoms with Crippen molar-refractivity contribution in [2.24, 2.45) is 0 Å². The molecule has 2 heterocycles. The molecule has 9 heteroatoms. The summed E-state index contributed by atoms with van der Waals surface area (Å²) in [6.07, 6.45) is 1.08. The SMILES string of the molecule is CS(=O)(=O)Nc1ccc(C(=O)CSc2nc(-c3cccs3)nc3ccccc23)cc1. The van der Waals surface area contributed by atoms with Crippen LogP contribution in [0.3, 0.4) is 0 Å². The number of benzene rings is 2. The Morgan fingerprint density at radius 1 is 1.03 bits per heavy atom. The fraction of sp³-hybridized carbons (Fsp3) is 0.0952. The molecule has 0 aliphatic heterocycles. The smallest absolute Gasteiger partial charge is 0.229 e. The number of rotatable bonds is 7. The molecule has 4 aromatic rings. The molecule has 0 atom stereocenters. The first kappa shape index (κ1) is 20.5. The van der Waals surface area contributed by atoms with E-state index in [2.05, 4.69) is 9.71 Å². The minimum absolute atomic E-state index is 0.0636. The Labute approximate surface area is 182 Å². The second-order valence-electron chi connectivity index (χ2n) is 6.51. The molecule has 6 nitrogen and oxygen atoms in total. The highest BCUT2D eigenvalue weighted by molar-refractivity contribution is 8.00. The number of carbonyl (C=O) groups excluding carboxylic acids is 1. The molecule has 30 heavy (non-hydrogen) atoms. The Morgan fingerprint density at radius 3 is 2.50 bits per heavy atom. The van der Waals surface area contributed by atoms with Gasteiger partial charge in [0.05, 0.1) is 22.4 Å². The lowest BCUT2D eigenvalue weighted by atomic mass is 10.1. The van der Waals surface area contributed by atoms with Crippen molar-refractivity contribution in [3.05, 3.63) is 71.6 Å². The van der Waals surface area contributed by atoms with Gasteiger partial charge in [0.1, 0.15) is 5.03 Å². The fourth-order valence-corrected chi connectivity index (χ4v) is 4.96. The number of Topliss-reactive ketones (excluding diaryl/α,β-unsaturated/α-hetero) is 1. The molecule has 0 unspecified atom stereocenters.